The molecular weight excluding hydrogens is 259 g/mol. The Bertz CT molecular complexity index is 378. The minimum atomic E-state index is -0.515. The molecule has 1 aliphatic rings. The SMILES string of the molecule is O=C(Cl)c1cc(Br)c2c(c1)OCO2. The molecule has 1 aliphatic heterocycles. The number of hydrogen-bond donors (Lipinski definition) is 0. The second-order valence-electron chi connectivity index (χ2n) is 2.47. The summed E-state index contributed by atoms with van der Waals surface area (Å²) in [5.74, 6) is 1.15. The molecule has 5 heteroatoms. The predicted octanol–water partition coefficient (Wildman–Crippen LogP) is 2.56. The first-order chi connectivity index (χ1) is 6.18. The highest BCUT2D eigenvalue weighted by atomic mass is 79.9. The molecule has 0 spiro atoms. The number of carbonyl (C=O) groups excluding carboxylic acids is 1. The Morgan fingerprint density at radius 1 is 1.46 bits per heavy atom. The minimum absolute atomic E-state index is 0.174. The molecule has 0 radical (unpaired) electrons. The summed E-state index contributed by atoms with van der Waals surface area (Å²) in [6.07, 6.45) is 0. The highest BCUT2D eigenvalue weighted by Crippen LogP contribution is 2.40. The second kappa shape index (κ2) is 3.20. The zero-order chi connectivity index (χ0) is 9.42. The van der Waals surface area contributed by atoms with Crippen molar-refractivity contribution in [3.63, 3.8) is 0 Å². The lowest BCUT2D eigenvalue weighted by Gasteiger charge is -2.00. The van der Waals surface area contributed by atoms with Gasteiger partial charge in [0.1, 0.15) is 0 Å². The number of fused-ring (bicyclic) bond motifs is 1. The van der Waals surface area contributed by atoms with Gasteiger partial charge in [0.2, 0.25) is 6.79 Å². The van der Waals surface area contributed by atoms with E-state index in [0.29, 0.717) is 21.5 Å². The summed E-state index contributed by atoms with van der Waals surface area (Å²) in [6, 6.07) is 3.16. The Kier molecular flexibility index (Phi) is 2.17. The van der Waals surface area contributed by atoms with E-state index in [0.717, 1.165) is 0 Å². The van der Waals surface area contributed by atoms with Crippen molar-refractivity contribution in [1.29, 1.82) is 0 Å². The Hall–Kier alpha value is -0.740. The van der Waals surface area contributed by atoms with Crippen LogP contribution in [0.3, 0.4) is 0 Å². The van der Waals surface area contributed by atoms with Crippen molar-refractivity contribution in [3.05, 3.63) is 22.2 Å². The summed E-state index contributed by atoms with van der Waals surface area (Å²) in [5.41, 5.74) is 0.387. The first kappa shape index (κ1) is 8.84. The van der Waals surface area contributed by atoms with Gasteiger partial charge in [-0.25, -0.2) is 0 Å². The number of carbonyl (C=O) groups is 1. The molecule has 3 nitrogen and oxygen atoms in total. The topological polar surface area (TPSA) is 35.5 Å². The maximum absolute atomic E-state index is 10.8. The second-order valence-corrected chi connectivity index (χ2v) is 3.66. The Balaban J connectivity index is 2.55. The van der Waals surface area contributed by atoms with Crippen LogP contribution in [0.1, 0.15) is 10.4 Å². The maximum atomic E-state index is 10.8. The Labute approximate surface area is 87.7 Å². The van der Waals surface area contributed by atoms with Crippen LogP contribution < -0.4 is 9.47 Å². The minimum Gasteiger partial charge on any atom is -0.454 e. The van der Waals surface area contributed by atoms with Crippen LogP contribution in [0, 0.1) is 0 Å². The zero-order valence-electron chi connectivity index (χ0n) is 6.34. The van der Waals surface area contributed by atoms with Crippen molar-refractivity contribution in [2.24, 2.45) is 0 Å². The molecule has 2 rings (SSSR count). The van der Waals surface area contributed by atoms with Crippen LogP contribution in [0.25, 0.3) is 0 Å². The zero-order valence-corrected chi connectivity index (χ0v) is 8.68. The van der Waals surface area contributed by atoms with Gasteiger partial charge < -0.3 is 9.47 Å². The third-order valence-electron chi connectivity index (χ3n) is 1.65. The van der Waals surface area contributed by atoms with Gasteiger partial charge in [0.15, 0.2) is 11.5 Å². The third-order valence-corrected chi connectivity index (χ3v) is 2.46. The van der Waals surface area contributed by atoms with E-state index in [1.54, 1.807) is 12.1 Å². The molecule has 0 atom stereocenters. The van der Waals surface area contributed by atoms with Gasteiger partial charge in [0, 0.05) is 5.56 Å². The molecule has 0 fully saturated rings. The van der Waals surface area contributed by atoms with Crippen molar-refractivity contribution in [1.82, 2.24) is 0 Å². The highest BCUT2D eigenvalue weighted by molar-refractivity contribution is 9.10. The number of halogens is 2. The lowest BCUT2D eigenvalue weighted by atomic mass is 10.2. The summed E-state index contributed by atoms with van der Waals surface area (Å²) >= 11 is 8.57. The molecule has 68 valence electrons. The fraction of sp³-hybridized carbons (Fsp3) is 0.125. The van der Waals surface area contributed by atoms with Crippen LogP contribution in [0.15, 0.2) is 16.6 Å². The Morgan fingerprint density at radius 3 is 2.92 bits per heavy atom. The van der Waals surface area contributed by atoms with Crippen LogP contribution in [0.2, 0.25) is 0 Å². The van der Waals surface area contributed by atoms with E-state index in [1.807, 2.05) is 0 Å². The number of hydrogen-bond acceptors (Lipinski definition) is 3. The van der Waals surface area contributed by atoms with Gasteiger partial charge in [-0.15, -0.1) is 0 Å². The standard InChI is InChI=1S/C8H4BrClO3/c9-5-1-4(8(10)11)2-6-7(5)13-3-12-6/h1-2H,3H2. The molecule has 0 bridgehead atoms. The monoisotopic (exact) mass is 262 g/mol. The van der Waals surface area contributed by atoms with Gasteiger partial charge in [-0.1, -0.05) is 0 Å². The third kappa shape index (κ3) is 1.51. The molecule has 13 heavy (non-hydrogen) atoms. The largest absolute Gasteiger partial charge is 0.454 e. The smallest absolute Gasteiger partial charge is 0.252 e. The van der Waals surface area contributed by atoms with Crippen molar-refractivity contribution in [3.8, 4) is 11.5 Å². The number of benzene rings is 1. The first-order valence-corrected chi connectivity index (χ1v) is 4.64. The van der Waals surface area contributed by atoms with E-state index in [9.17, 15) is 4.79 Å². The van der Waals surface area contributed by atoms with E-state index in [4.69, 9.17) is 21.1 Å². The fourth-order valence-electron chi connectivity index (χ4n) is 1.08. The van der Waals surface area contributed by atoms with Gasteiger partial charge in [0.05, 0.1) is 4.47 Å². The molecule has 1 heterocycles. The summed E-state index contributed by atoms with van der Waals surface area (Å²) < 4.78 is 10.9. The van der Waals surface area contributed by atoms with Gasteiger partial charge in [-0.05, 0) is 39.7 Å². The van der Waals surface area contributed by atoms with E-state index in [1.165, 1.54) is 0 Å². The van der Waals surface area contributed by atoms with Gasteiger partial charge in [-0.2, -0.15) is 0 Å². The summed E-state index contributed by atoms with van der Waals surface area (Å²) in [6.45, 7) is 0.174. The molecule has 1 aromatic carbocycles. The van der Waals surface area contributed by atoms with Gasteiger partial charge >= 0.3 is 0 Å². The molecule has 0 saturated heterocycles. The molecule has 0 unspecified atom stereocenters. The quantitative estimate of drug-likeness (QED) is 0.731. The first-order valence-electron chi connectivity index (χ1n) is 3.47. The molecular formula is C8H4BrClO3. The summed E-state index contributed by atoms with van der Waals surface area (Å²) in [7, 11) is 0. The van der Waals surface area contributed by atoms with E-state index in [-0.39, 0.29) is 6.79 Å². The van der Waals surface area contributed by atoms with Crippen LogP contribution in [0.4, 0.5) is 0 Å². The van der Waals surface area contributed by atoms with Crippen molar-refractivity contribution in [2.75, 3.05) is 6.79 Å². The van der Waals surface area contributed by atoms with Crippen molar-refractivity contribution >= 4 is 32.8 Å². The highest BCUT2D eigenvalue weighted by Gasteiger charge is 2.19. The molecule has 0 saturated carbocycles. The van der Waals surface area contributed by atoms with Gasteiger partial charge in [-0.3, -0.25) is 4.79 Å². The summed E-state index contributed by atoms with van der Waals surface area (Å²) in [4.78, 5) is 10.8. The van der Waals surface area contributed by atoms with Crippen LogP contribution >= 0.6 is 27.5 Å². The fourth-order valence-corrected chi connectivity index (χ4v) is 1.75. The molecule has 0 N–H and O–H groups in total. The maximum Gasteiger partial charge on any atom is 0.252 e. The molecule has 1 aromatic rings. The lowest BCUT2D eigenvalue weighted by Crippen LogP contribution is -1.93. The van der Waals surface area contributed by atoms with Crippen molar-refractivity contribution < 1.29 is 14.3 Å². The average molecular weight is 263 g/mol. The summed E-state index contributed by atoms with van der Waals surface area (Å²) in [5, 5.41) is -0.515. The van der Waals surface area contributed by atoms with Crippen LogP contribution in [0.5, 0.6) is 11.5 Å². The van der Waals surface area contributed by atoms with Crippen LogP contribution in [-0.4, -0.2) is 12.0 Å². The number of ether oxygens (including phenoxy) is 2. The van der Waals surface area contributed by atoms with Gasteiger partial charge in [0.25, 0.3) is 5.24 Å². The molecule has 0 aromatic heterocycles. The van der Waals surface area contributed by atoms with E-state index < -0.39 is 5.24 Å². The van der Waals surface area contributed by atoms with E-state index in [2.05, 4.69) is 15.9 Å². The molecule has 0 amide bonds. The van der Waals surface area contributed by atoms with E-state index >= 15 is 0 Å². The average Bonchev–Trinajstić information content (AvgIpc) is 2.51. The number of rotatable bonds is 1. The molecule has 0 aliphatic carbocycles. The normalized spacial score (nSPS) is 13.1. The Morgan fingerprint density at radius 2 is 2.23 bits per heavy atom. The van der Waals surface area contributed by atoms with Crippen molar-refractivity contribution in [2.45, 2.75) is 0 Å². The van der Waals surface area contributed by atoms with Crippen LogP contribution in [-0.2, 0) is 0 Å². The lowest BCUT2D eigenvalue weighted by molar-refractivity contribution is 0.108. The predicted molar refractivity (Wildman–Crippen MR) is 50.4 cm³/mol.